The average molecular weight is 297 g/mol. The number of hydrogen-bond acceptors (Lipinski definition) is 3. The van der Waals surface area contributed by atoms with Crippen molar-refractivity contribution in [1.29, 1.82) is 0 Å². The van der Waals surface area contributed by atoms with Crippen LogP contribution in [0.5, 0.6) is 0 Å². The standard InChI is InChI=1S/C16H21ClO3/c17-16-2-1-13(9-14(16)3-6-18)11-15(19)10-12-4-7-20-8-5-12/h1-2,9,12,18H,3-8,10-11H2. The van der Waals surface area contributed by atoms with Crippen molar-refractivity contribution in [3.05, 3.63) is 34.3 Å². The molecule has 1 aliphatic rings. The molecule has 0 aliphatic carbocycles. The van der Waals surface area contributed by atoms with Gasteiger partial charge in [0.25, 0.3) is 0 Å². The molecule has 1 N–H and O–H groups in total. The maximum Gasteiger partial charge on any atom is 0.137 e. The van der Waals surface area contributed by atoms with Crippen molar-refractivity contribution in [2.45, 2.75) is 32.1 Å². The number of aliphatic hydroxyl groups excluding tert-OH is 1. The molecule has 110 valence electrons. The number of carbonyl (C=O) groups is 1. The highest BCUT2D eigenvalue weighted by Crippen LogP contribution is 2.22. The third kappa shape index (κ3) is 4.58. The molecule has 1 saturated heterocycles. The van der Waals surface area contributed by atoms with Gasteiger partial charge in [0.1, 0.15) is 5.78 Å². The first-order valence-corrected chi connectivity index (χ1v) is 7.54. The molecule has 2 rings (SSSR count). The molecule has 0 radical (unpaired) electrons. The molecule has 1 fully saturated rings. The zero-order valence-corrected chi connectivity index (χ0v) is 12.4. The Kier molecular flexibility index (Phi) is 6.02. The SMILES string of the molecule is O=C(Cc1ccc(Cl)c(CCO)c1)CC1CCOCC1. The molecule has 1 aromatic carbocycles. The molecule has 1 aliphatic heterocycles. The van der Waals surface area contributed by atoms with Gasteiger partial charge in [0.15, 0.2) is 0 Å². The van der Waals surface area contributed by atoms with Gasteiger partial charge in [-0.1, -0.05) is 23.7 Å². The van der Waals surface area contributed by atoms with E-state index in [4.69, 9.17) is 21.4 Å². The van der Waals surface area contributed by atoms with Crippen LogP contribution >= 0.6 is 11.6 Å². The number of aliphatic hydroxyl groups is 1. The molecule has 4 heteroatoms. The van der Waals surface area contributed by atoms with Crippen LogP contribution in [0.3, 0.4) is 0 Å². The summed E-state index contributed by atoms with van der Waals surface area (Å²) < 4.78 is 5.31. The van der Waals surface area contributed by atoms with Gasteiger partial charge in [0.05, 0.1) is 0 Å². The Bertz CT molecular complexity index is 453. The van der Waals surface area contributed by atoms with Gasteiger partial charge in [-0.3, -0.25) is 4.79 Å². The third-order valence-electron chi connectivity index (χ3n) is 3.75. The number of carbonyl (C=O) groups excluding carboxylic acids is 1. The molecule has 20 heavy (non-hydrogen) atoms. The summed E-state index contributed by atoms with van der Waals surface area (Å²) in [6.07, 6.45) is 3.60. The smallest absolute Gasteiger partial charge is 0.137 e. The molecular weight excluding hydrogens is 276 g/mol. The van der Waals surface area contributed by atoms with Crippen LogP contribution in [0.4, 0.5) is 0 Å². The van der Waals surface area contributed by atoms with Crippen molar-refractivity contribution in [1.82, 2.24) is 0 Å². The fourth-order valence-corrected chi connectivity index (χ4v) is 2.83. The van der Waals surface area contributed by atoms with Gasteiger partial charge in [0.2, 0.25) is 0 Å². The molecular formula is C16H21ClO3. The number of ether oxygens (including phenoxy) is 1. The fraction of sp³-hybridized carbons (Fsp3) is 0.562. The van der Waals surface area contributed by atoms with Gasteiger partial charge in [-0.15, -0.1) is 0 Å². The van der Waals surface area contributed by atoms with E-state index in [0.717, 1.165) is 37.2 Å². The first-order chi connectivity index (χ1) is 9.69. The van der Waals surface area contributed by atoms with Crippen molar-refractivity contribution in [2.24, 2.45) is 5.92 Å². The van der Waals surface area contributed by atoms with Crippen molar-refractivity contribution in [2.75, 3.05) is 19.8 Å². The van der Waals surface area contributed by atoms with E-state index in [2.05, 4.69) is 0 Å². The van der Waals surface area contributed by atoms with Gasteiger partial charge in [-0.05, 0) is 42.4 Å². The first-order valence-electron chi connectivity index (χ1n) is 7.16. The van der Waals surface area contributed by atoms with Crippen LogP contribution in [0.25, 0.3) is 0 Å². The Morgan fingerprint density at radius 2 is 2.10 bits per heavy atom. The number of ketones is 1. The van der Waals surface area contributed by atoms with Crippen LogP contribution in [-0.2, 0) is 22.4 Å². The van der Waals surface area contributed by atoms with Crippen LogP contribution < -0.4 is 0 Å². The Hall–Kier alpha value is -0.900. The minimum absolute atomic E-state index is 0.0686. The maximum atomic E-state index is 12.1. The van der Waals surface area contributed by atoms with Crippen LogP contribution in [-0.4, -0.2) is 30.7 Å². The molecule has 0 amide bonds. The highest BCUT2D eigenvalue weighted by Gasteiger charge is 2.17. The second-order valence-electron chi connectivity index (χ2n) is 5.37. The summed E-state index contributed by atoms with van der Waals surface area (Å²) in [5.74, 6) is 0.745. The molecule has 0 saturated carbocycles. The van der Waals surface area contributed by atoms with E-state index in [9.17, 15) is 4.79 Å². The molecule has 0 atom stereocenters. The Morgan fingerprint density at radius 1 is 1.35 bits per heavy atom. The molecule has 3 nitrogen and oxygen atoms in total. The largest absolute Gasteiger partial charge is 0.396 e. The van der Waals surface area contributed by atoms with Crippen molar-refractivity contribution < 1.29 is 14.6 Å². The zero-order valence-electron chi connectivity index (χ0n) is 11.6. The van der Waals surface area contributed by atoms with Gasteiger partial charge in [0, 0.05) is 37.7 Å². The number of rotatable bonds is 6. The fourth-order valence-electron chi connectivity index (χ4n) is 2.62. The van der Waals surface area contributed by atoms with Crippen LogP contribution in [0, 0.1) is 5.92 Å². The summed E-state index contributed by atoms with van der Waals surface area (Å²) in [5, 5.41) is 9.65. The topological polar surface area (TPSA) is 46.5 Å². The predicted octanol–water partition coefficient (Wildman–Crippen LogP) is 2.80. The first kappa shape index (κ1) is 15.5. The molecule has 0 spiro atoms. The summed E-state index contributed by atoms with van der Waals surface area (Å²) in [6, 6.07) is 5.63. The van der Waals surface area contributed by atoms with E-state index in [1.54, 1.807) is 0 Å². The van der Waals surface area contributed by atoms with Crippen LogP contribution in [0.2, 0.25) is 5.02 Å². The lowest BCUT2D eigenvalue weighted by atomic mass is 9.92. The second-order valence-corrected chi connectivity index (χ2v) is 5.78. The molecule has 1 aromatic rings. The van der Waals surface area contributed by atoms with Crippen molar-refractivity contribution in [3.63, 3.8) is 0 Å². The van der Waals surface area contributed by atoms with E-state index >= 15 is 0 Å². The van der Waals surface area contributed by atoms with Crippen molar-refractivity contribution >= 4 is 17.4 Å². The third-order valence-corrected chi connectivity index (χ3v) is 4.12. The normalized spacial score (nSPS) is 16.3. The van der Waals surface area contributed by atoms with E-state index in [1.807, 2.05) is 18.2 Å². The minimum Gasteiger partial charge on any atom is -0.396 e. The molecule has 1 heterocycles. The van der Waals surface area contributed by atoms with Gasteiger partial charge < -0.3 is 9.84 Å². The summed E-state index contributed by atoms with van der Waals surface area (Å²) >= 11 is 6.06. The van der Waals surface area contributed by atoms with Gasteiger partial charge >= 0.3 is 0 Å². The highest BCUT2D eigenvalue weighted by molar-refractivity contribution is 6.31. The van der Waals surface area contributed by atoms with Crippen LogP contribution in [0.1, 0.15) is 30.4 Å². The minimum atomic E-state index is 0.0686. The highest BCUT2D eigenvalue weighted by atomic mass is 35.5. The lowest BCUT2D eigenvalue weighted by Crippen LogP contribution is -2.19. The Balaban J connectivity index is 1.91. The lowest BCUT2D eigenvalue weighted by Gasteiger charge is -2.21. The quantitative estimate of drug-likeness (QED) is 0.878. The number of halogens is 1. The zero-order chi connectivity index (χ0) is 14.4. The number of benzene rings is 1. The predicted molar refractivity (Wildman–Crippen MR) is 79.1 cm³/mol. The van der Waals surface area contributed by atoms with E-state index in [1.165, 1.54) is 0 Å². The summed E-state index contributed by atoms with van der Waals surface area (Å²) in [7, 11) is 0. The van der Waals surface area contributed by atoms with Gasteiger partial charge in [-0.25, -0.2) is 0 Å². The van der Waals surface area contributed by atoms with Gasteiger partial charge in [-0.2, -0.15) is 0 Å². The Morgan fingerprint density at radius 3 is 2.80 bits per heavy atom. The number of hydrogen-bond donors (Lipinski definition) is 1. The van der Waals surface area contributed by atoms with Crippen molar-refractivity contribution in [3.8, 4) is 0 Å². The summed E-state index contributed by atoms with van der Waals surface area (Å²) in [5.41, 5.74) is 1.89. The maximum absolute atomic E-state index is 12.1. The monoisotopic (exact) mass is 296 g/mol. The summed E-state index contributed by atoms with van der Waals surface area (Å²) in [6.45, 7) is 1.62. The molecule has 0 bridgehead atoms. The number of Topliss-reactive ketones (excluding diaryl/α,β-unsaturated/α-hetero) is 1. The van der Waals surface area contributed by atoms with E-state index in [-0.39, 0.29) is 12.4 Å². The van der Waals surface area contributed by atoms with Crippen LogP contribution in [0.15, 0.2) is 18.2 Å². The molecule has 0 unspecified atom stereocenters. The average Bonchev–Trinajstić information content (AvgIpc) is 2.44. The Labute approximate surface area is 124 Å². The summed E-state index contributed by atoms with van der Waals surface area (Å²) in [4.78, 5) is 12.1. The molecule has 0 aromatic heterocycles. The second kappa shape index (κ2) is 7.77. The van der Waals surface area contributed by atoms with E-state index < -0.39 is 0 Å². The van der Waals surface area contributed by atoms with E-state index in [0.29, 0.717) is 30.2 Å². The lowest BCUT2D eigenvalue weighted by molar-refractivity contribution is -0.120.